The van der Waals surface area contributed by atoms with E-state index in [1.54, 1.807) is 0 Å². The van der Waals surface area contributed by atoms with Crippen molar-refractivity contribution < 1.29 is 4.79 Å². The summed E-state index contributed by atoms with van der Waals surface area (Å²) in [7, 11) is 0. The van der Waals surface area contributed by atoms with Gasteiger partial charge in [0.05, 0.1) is 6.04 Å². The molecule has 2 unspecified atom stereocenters. The molecule has 2 atom stereocenters. The summed E-state index contributed by atoms with van der Waals surface area (Å²) in [4.78, 5) is 12.3. The van der Waals surface area contributed by atoms with Gasteiger partial charge in [0.1, 0.15) is 0 Å². The highest BCUT2D eigenvalue weighted by Crippen LogP contribution is 2.35. The third-order valence-corrected chi connectivity index (χ3v) is 4.54. The molecule has 0 saturated heterocycles. The van der Waals surface area contributed by atoms with Crippen LogP contribution in [-0.4, -0.2) is 5.91 Å². The van der Waals surface area contributed by atoms with Crippen LogP contribution < -0.4 is 11.1 Å². The molecule has 3 rings (SSSR count). The van der Waals surface area contributed by atoms with Gasteiger partial charge in [-0.15, -0.1) is 12.4 Å². The minimum atomic E-state index is -0.276. The van der Waals surface area contributed by atoms with E-state index >= 15 is 0 Å². The molecule has 0 spiro atoms. The van der Waals surface area contributed by atoms with E-state index in [0.717, 1.165) is 34.6 Å². The van der Waals surface area contributed by atoms with Crippen LogP contribution in [-0.2, 0) is 11.2 Å². The van der Waals surface area contributed by atoms with Crippen molar-refractivity contribution in [2.24, 2.45) is 5.73 Å². The molecule has 3 nitrogen and oxygen atoms in total. The van der Waals surface area contributed by atoms with Crippen LogP contribution in [0.1, 0.15) is 41.6 Å². The van der Waals surface area contributed by atoms with E-state index in [1.807, 2.05) is 48.5 Å². The molecule has 0 bridgehead atoms. The third kappa shape index (κ3) is 4.05. The lowest BCUT2D eigenvalue weighted by atomic mass is 10.0. The van der Waals surface area contributed by atoms with Gasteiger partial charge in [-0.1, -0.05) is 54.1 Å². The van der Waals surface area contributed by atoms with E-state index in [9.17, 15) is 4.79 Å². The van der Waals surface area contributed by atoms with Gasteiger partial charge in [-0.2, -0.15) is 0 Å². The van der Waals surface area contributed by atoms with Gasteiger partial charge in [0.15, 0.2) is 0 Å². The quantitative estimate of drug-likeness (QED) is 0.876. The average molecular weight is 351 g/mol. The topological polar surface area (TPSA) is 55.1 Å². The molecule has 0 saturated carbocycles. The van der Waals surface area contributed by atoms with Crippen LogP contribution in [0, 0.1) is 0 Å². The molecule has 122 valence electrons. The summed E-state index contributed by atoms with van der Waals surface area (Å²) < 4.78 is 0. The molecule has 23 heavy (non-hydrogen) atoms. The van der Waals surface area contributed by atoms with Crippen molar-refractivity contribution in [2.45, 2.75) is 31.3 Å². The van der Waals surface area contributed by atoms with Crippen LogP contribution in [0.5, 0.6) is 0 Å². The number of nitrogens with one attached hydrogen (secondary N) is 1. The Hall–Kier alpha value is -1.55. The lowest BCUT2D eigenvalue weighted by molar-refractivity contribution is -0.122. The molecule has 1 aliphatic rings. The number of hydrogen-bond donors (Lipinski definition) is 2. The van der Waals surface area contributed by atoms with Gasteiger partial charge in [0.25, 0.3) is 0 Å². The predicted octanol–water partition coefficient (Wildman–Crippen LogP) is 3.96. The summed E-state index contributed by atoms with van der Waals surface area (Å²) in [5, 5.41) is 3.87. The molecule has 0 heterocycles. The Morgan fingerprint density at radius 2 is 1.96 bits per heavy atom. The fourth-order valence-electron chi connectivity index (χ4n) is 3.03. The van der Waals surface area contributed by atoms with Gasteiger partial charge in [-0.25, -0.2) is 0 Å². The lowest BCUT2D eigenvalue weighted by Crippen LogP contribution is -2.30. The standard InChI is InChI=1S/C18H19ClN2O.ClH/c19-15-8-4-7-14-13(15)9-10-17(14)21-18(22)11-16(20)12-5-2-1-3-6-12;/h1-8,16-17H,9-11,20H2,(H,21,22);1H. The molecular weight excluding hydrogens is 331 g/mol. The molecular formula is C18H20Cl2N2O. The number of rotatable bonds is 4. The number of amides is 1. The minimum Gasteiger partial charge on any atom is -0.349 e. The molecule has 0 aliphatic heterocycles. The normalized spacial score (nSPS) is 17.0. The zero-order valence-corrected chi connectivity index (χ0v) is 14.2. The molecule has 1 amide bonds. The van der Waals surface area contributed by atoms with Crippen molar-refractivity contribution in [1.82, 2.24) is 5.32 Å². The van der Waals surface area contributed by atoms with E-state index in [-0.39, 0.29) is 36.8 Å². The highest BCUT2D eigenvalue weighted by atomic mass is 35.5. The zero-order valence-electron chi connectivity index (χ0n) is 12.7. The second-order valence-corrected chi connectivity index (χ2v) is 6.09. The number of fused-ring (bicyclic) bond motifs is 1. The predicted molar refractivity (Wildman–Crippen MR) is 95.9 cm³/mol. The van der Waals surface area contributed by atoms with Crippen LogP contribution in [0.15, 0.2) is 48.5 Å². The molecule has 3 N–H and O–H groups in total. The minimum absolute atomic E-state index is 0. The Bertz CT molecular complexity index is 676. The van der Waals surface area contributed by atoms with Crippen molar-refractivity contribution in [3.63, 3.8) is 0 Å². The first-order valence-corrected chi connectivity index (χ1v) is 7.90. The summed E-state index contributed by atoms with van der Waals surface area (Å²) in [5.74, 6) is -0.0193. The average Bonchev–Trinajstić information content (AvgIpc) is 2.92. The van der Waals surface area contributed by atoms with Crippen molar-refractivity contribution in [1.29, 1.82) is 0 Å². The molecule has 2 aromatic rings. The number of hydrogen-bond acceptors (Lipinski definition) is 2. The van der Waals surface area contributed by atoms with Crippen LogP contribution >= 0.6 is 24.0 Å². The summed E-state index contributed by atoms with van der Waals surface area (Å²) >= 11 is 6.20. The maximum Gasteiger partial charge on any atom is 0.222 e. The van der Waals surface area contributed by atoms with Gasteiger partial charge >= 0.3 is 0 Å². The fourth-order valence-corrected chi connectivity index (χ4v) is 3.31. The van der Waals surface area contributed by atoms with Crippen molar-refractivity contribution in [3.05, 3.63) is 70.2 Å². The maximum absolute atomic E-state index is 12.3. The summed E-state index contributed by atoms with van der Waals surface area (Å²) in [6, 6.07) is 15.3. The number of carbonyl (C=O) groups is 1. The zero-order chi connectivity index (χ0) is 15.5. The summed E-state index contributed by atoms with van der Waals surface area (Å²) in [6.07, 6.45) is 2.09. The Morgan fingerprint density at radius 3 is 2.70 bits per heavy atom. The molecule has 2 aromatic carbocycles. The van der Waals surface area contributed by atoms with E-state index in [2.05, 4.69) is 5.32 Å². The summed E-state index contributed by atoms with van der Waals surface area (Å²) in [6.45, 7) is 0. The number of nitrogens with two attached hydrogens (primary N) is 1. The van der Waals surface area contributed by atoms with Crippen molar-refractivity contribution in [3.8, 4) is 0 Å². The van der Waals surface area contributed by atoms with E-state index in [4.69, 9.17) is 17.3 Å². The van der Waals surface area contributed by atoms with Crippen LogP contribution in [0.4, 0.5) is 0 Å². The molecule has 1 aliphatic carbocycles. The van der Waals surface area contributed by atoms with Gasteiger partial charge in [-0.3, -0.25) is 4.79 Å². The van der Waals surface area contributed by atoms with Crippen molar-refractivity contribution >= 4 is 29.9 Å². The van der Waals surface area contributed by atoms with E-state index in [1.165, 1.54) is 0 Å². The Balaban J connectivity index is 0.00000192. The fraction of sp³-hybridized carbons (Fsp3) is 0.278. The second-order valence-electron chi connectivity index (χ2n) is 5.69. The van der Waals surface area contributed by atoms with Crippen molar-refractivity contribution in [2.75, 3.05) is 0 Å². The SMILES string of the molecule is Cl.NC(CC(=O)NC1CCc2c(Cl)cccc21)c1ccccc1. The number of carbonyl (C=O) groups excluding carboxylic acids is 1. The van der Waals surface area contributed by atoms with Gasteiger partial charge < -0.3 is 11.1 Å². The van der Waals surface area contributed by atoms with Gasteiger partial charge in [-0.05, 0) is 35.6 Å². The Labute approximate surface area is 147 Å². The molecule has 5 heteroatoms. The highest BCUT2D eigenvalue weighted by molar-refractivity contribution is 6.31. The largest absolute Gasteiger partial charge is 0.349 e. The molecule has 0 aromatic heterocycles. The Morgan fingerprint density at radius 1 is 1.22 bits per heavy atom. The van der Waals surface area contributed by atoms with Crippen LogP contribution in [0.25, 0.3) is 0 Å². The summed E-state index contributed by atoms with van der Waals surface area (Å²) in [5.41, 5.74) is 9.37. The van der Waals surface area contributed by atoms with E-state index in [0.29, 0.717) is 0 Å². The monoisotopic (exact) mass is 350 g/mol. The third-order valence-electron chi connectivity index (χ3n) is 4.18. The smallest absolute Gasteiger partial charge is 0.222 e. The Kier molecular flexibility index (Phi) is 6.05. The maximum atomic E-state index is 12.3. The lowest BCUT2D eigenvalue weighted by Gasteiger charge is -2.17. The highest BCUT2D eigenvalue weighted by Gasteiger charge is 2.25. The van der Waals surface area contributed by atoms with Gasteiger partial charge in [0.2, 0.25) is 5.91 Å². The molecule has 0 radical (unpaired) electrons. The number of halogens is 2. The van der Waals surface area contributed by atoms with Gasteiger partial charge in [0, 0.05) is 17.5 Å². The van der Waals surface area contributed by atoms with Crippen LogP contribution in [0.2, 0.25) is 5.02 Å². The first-order chi connectivity index (χ1) is 10.6. The first-order valence-electron chi connectivity index (χ1n) is 7.52. The van der Waals surface area contributed by atoms with E-state index < -0.39 is 0 Å². The molecule has 0 fully saturated rings. The second kappa shape index (κ2) is 7.82. The first kappa shape index (κ1) is 17.8. The van der Waals surface area contributed by atoms with Crippen LogP contribution in [0.3, 0.4) is 0 Å². The number of benzene rings is 2.